The van der Waals surface area contributed by atoms with Crippen molar-refractivity contribution < 1.29 is 9.53 Å². The van der Waals surface area contributed by atoms with Crippen molar-refractivity contribution in [2.24, 2.45) is 0 Å². The molecule has 0 saturated carbocycles. The van der Waals surface area contributed by atoms with Crippen LogP contribution in [-0.2, 0) is 0 Å². The van der Waals surface area contributed by atoms with Crippen LogP contribution in [0, 0.1) is 13.8 Å². The maximum atomic E-state index is 12.5. The topological polar surface area (TPSA) is 52.3 Å². The second kappa shape index (κ2) is 5.55. The first-order valence-corrected chi connectivity index (χ1v) is 6.56. The molecule has 20 heavy (non-hydrogen) atoms. The Morgan fingerprint density at radius 3 is 2.45 bits per heavy atom. The summed E-state index contributed by atoms with van der Waals surface area (Å²) in [4.78, 5) is 12.5. The molecule has 0 fully saturated rings. The second-order valence-electron chi connectivity index (χ2n) is 4.70. The Morgan fingerprint density at radius 2 is 1.85 bits per heavy atom. The van der Waals surface area contributed by atoms with Gasteiger partial charge in [0.1, 0.15) is 5.75 Å². The van der Waals surface area contributed by atoms with Crippen LogP contribution < -0.4 is 10.5 Å². The molecule has 0 amide bonds. The number of nitrogens with two attached hydrogens (primary N) is 1. The smallest absolute Gasteiger partial charge is 0.193 e. The fraction of sp³-hybridized carbons (Fsp3) is 0.188. The first-order valence-electron chi connectivity index (χ1n) is 6.19. The number of carbonyl (C=O) groups is 1. The molecule has 0 aliphatic rings. The van der Waals surface area contributed by atoms with E-state index in [1.165, 1.54) is 0 Å². The SMILES string of the molecule is COc1cc(C)c(C(=O)c2ccc(Cl)c(N)c2)cc1C. The van der Waals surface area contributed by atoms with Crippen LogP contribution in [0.2, 0.25) is 5.02 Å². The monoisotopic (exact) mass is 289 g/mol. The first kappa shape index (κ1) is 14.4. The Kier molecular flexibility index (Phi) is 4.00. The van der Waals surface area contributed by atoms with E-state index < -0.39 is 0 Å². The number of carbonyl (C=O) groups excluding carboxylic acids is 1. The lowest BCUT2D eigenvalue weighted by Crippen LogP contribution is -2.06. The lowest BCUT2D eigenvalue weighted by molar-refractivity contribution is 0.103. The van der Waals surface area contributed by atoms with Gasteiger partial charge in [0.05, 0.1) is 17.8 Å². The largest absolute Gasteiger partial charge is 0.496 e. The van der Waals surface area contributed by atoms with E-state index in [1.807, 2.05) is 26.0 Å². The molecule has 104 valence electrons. The van der Waals surface area contributed by atoms with Crippen molar-refractivity contribution in [3.63, 3.8) is 0 Å². The van der Waals surface area contributed by atoms with Gasteiger partial charge in [-0.2, -0.15) is 0 Å². The van der Waals surface area contributed by atoms with E-state index in [9.17, 15) is 4.79 Å². The molecule has 0 unspecified atom stereocenters. The molecule has 0 spiro atoms. The zero-order valence-corrected chi connectivity index (χ0v) is 12.4. The van der Waals surface area contributed by atoms with Crippen LogP contribution in [0.15, 0.2) is 30.3 Å². The number of nitrogen functional groups attached to an aromatic ring is 1. The van der Waals surface area contributed by atoms with E-state index >= 15 is 0 Å². The van der Waals surface area contributed by atoms with Crippen LogP contribution in [0.3, 0.4) is 0 Å². The molecule has 0 aliphatic carbocycles. The normalized spacial score (nSPS) is 10.4. The van der Waals surface area contributed by atoms with Gasteiger partial charge in [-0.3, -0.25) is 4.79 Å². The fourth-order valence-electron chi connectivity index (χ4n) is 2.09. The third-order valence-electron chi connectivity index (χ3n) is 3.24. The summed E-state index contributed by atoms with van der Waals surface area (Å²) >= 11 is 5.87. The lowest BCUT2D eigenvalue weighted by Gasteiger charge is -2.11. The van der Waals surface area contributed by atoms with E-state index in [4.69, 9.17) is 22.1 Å². The quantitative estimate of drug-likeness (QED) is 0.691. The summed E-state index contributed by atoms with van der Waals surface area (Å²) in [5.41, 5.74) is 9.11. The number of rotatable bonds is 3. The lowest BCUT2D eigenvalue weighted by atomic mass is 9.96. The van der Waals surface area contributed by atoms with Crippen molar-refractivity contribution in [2.75, 3.05) is 12.8 Å². The zero-order valence-electron chi connectivity index (χ0n) is 11.7. The van der Waals surface area contributed by atoms with Gasteiger partial charge in [0.15, 0.2) is 5.78 Å². The highest BCUT2D eigenvalue weighted by Crippen LogP contribution is 2.26. The first-order chi connectivity index (χ1) is 9.43. The van der Waals surface area contributed by atoms with Gasteiger partial charge in [-0.15, -0.1) is 0 Å². The predicted octanol–water partition coefficient (Wildman–Crippen LogP) is 3.78. The number of halogens is 1. The highest BCUT2D eigenvalue weighted by Gasteiger charge is 2.15. The third kappa shape index (κ3) is 2.63. The Bertz CT molecular complexity index is 680. The molecule has 0 heterocycles. The number of aryl methyl sites for hydroxylation is 2. The standard InChI is InChI=1S/C16H16ClNO2/c1-9-7-15(20-3)10(2)6-12(9)16(19)11-4-5-13(17)14(18)8-11/h4-8H,18H2,1-3H3. The number of ether oxygens (including phenoxy) is 1. The fourth-order valence-corrected chi connectivity index (χ4v) is 2.21. The third-order valence-corrected chi connectivity index (χ3v) is 3.59. The second-order valence-corrected chi connectivity index (χ2v) is 5.11. The molecule has 0 atom stereocenters. The molecular formula is C16H16ClNO2. The molecule has 0 aliphatic heterocycles. The Balaban J connectivity index is 2.48. The summed E-state index contributed by atoms with van der Waals surface area (Å²) in [5.74, 6) is 0.700. The van der Waals surface area contributed by atoms with Crippen molar-refractivity contribution in [3.8, 4) is 5.75 Å². The highest BCUT2D eigenvalue weighted by molar-refractivity contribution is 6.33. The van der Waals surface area contributed by atoms with E-state index in [2.05, 4.69) is 0 Å². The van der Waals surface area contributed by atoms with Crippen LogP contribution >= 0.6 is 11.6 Å². The van der Waals surface area contributed by atoms with Gasteiger partial charge in [0.25, 0.3) is 0 Å². The number of hydrogen-bond donors (Lipinski definition) is 1. The summed E-state index contributed by atoms with van der Waals surface area (Å²) in [6, 6.07) is 8.61. The summed E-state index contributed by atoms with van der Waals surface area (Å²) in [7, 11) is 1.61. The van der Waals surface area contributed by atoms with Gasteiger partial charge in [-0.1, -0.05) is 11.6 Å². The van der Waals surface area contributed by atoms with Crippen molar-refractivity contribution in [1.82, 2.24) is 0 Å². The predicted molar refractivity (Wildman–Crippen MR) is 81.8 cm³/mol. The molecule has 0 aromatic heterocycles. The number of hydrogen-bond acceptors (Lipinski definition) is 3. The summed E-state index contributed by atoms with van der Waals surface area (Å²) < 4.78 is 5.25. The molecule has 0 bridgehead atoms. The Hall–Kier alpha value is -2.00. The summed E-state index contributed by atoms with van der Waals surface area (Å²) in [6.45, 7) is 3.79. The number of benzene rings is 2. The molecule has 4 heteroatoms. The van der Waals surface area contributed by atoms with Crippen molar-refractivity contribution in [3.05, 3.63) is 57.6 Å². The number of ketones is 1. The Morgan fingerprint density at radius 1 is 1.15 bits per heavy atom. The Labute approximate surface area is 123 Å². The van der Waals surface area contributed by atoms with Crippen LogP contribution in [-0.4, -0.2) is 12.9 Å². The van der Waals surface area contributed by atoms with Crippen LogP contribution in [0.4, 0.5) is 5.69 Å². The molecule has 2 aromatic carbocycles. The van der Waals surface area contributed by atoms with Crippen molar-refractivity contribution >= 4 is 23.1 Å². The van der Waals surface area contributed by atoms with Crippen LogP contribution in [0.5, 0.6) is 5.75 Å². The maximum absolute atomic E-state index is 12.5. The van der Waals surface area contributed by atoms with E-state index in [0.717, 1.165) is 16.9 Å². The molecule has 0 radical (unpaired) electrons. The minimum atomic E-state index is -0.0726. The van der Waals surface area contributed by atoms with Gasteiger partial charge in [-0.05, 0) is 55.3 Å². The van der Waals surface area contributed by atoms with E-state index in [0.29, 0.717) is 21.8 Å². The molecule has 2 aromatic rings. The van der Waals surface area contributed by atoms with Gasteiger partial charge in [-0.25, -0.2) is 0 Å². The molecule has 2 N–H and O–H groups in total. The van der Waals surface area contributed by atoms with Gasteiger partial charge in [0, 0.05) is 11.1 Å². The number of methoxy groups -OCH3 is 1. The van der Waals surface area contributed by atoms with Gasteiger partial charge in [0.2, 0.25) is 0 Å². The summed E-state index contributed by atoms with van der Waals surface area (Å²) in [6.07, 6.45) is 0. The maximum Gasteiger partial charge on any atom is 0.193 e. The molecule has 2 rings (SSSR count). The molecular weight excluding hydrogens is 274 g/mol. The number of anilines is 1. The van der Waals surface area contributed by atoms with Crippen molar-refractivity contribution in [1.29, 1.82) is 0 Å². The van der Waals surface area contributed by atoms with E-state index in [1.54, 1.807) is 25.3 Å². The minimum Gasteiger partial charge on any atom is -0.496 e. The van der Waals surface area contributed by atoms with Crippen LogP contribution in [0.25, 0.3) is 0 Å². The zero-order chi connectivity index (χ0) is 14.9. The average molecular weight is 290 g/mol. The van der Waals surface area contributed by atoms with Gasteiger partial charge < -0.3 is 10.5 Å². The highest BCUT2D eigenvalue weighted by atomic mass is 35.5. The minimum absolute atomic E-state index is 0.0726. The molecule has 0 saturated heterocycles. The van der Waals surface area contributed by atoms with Gasteiger partial charge >= 0.3 is 0 Å². The average Bonchev–Trinajstić information content (AvgIpc) is 2.43. The van der Waals surface area contributed by atoms with E-state index in [-0.39, 0.29) is 5.78 Å². The van der Waals surface area contributed by atoms with Crippen molar-refractivity contribution in [2.45, 2.75) is 13.8 Å². The summed E-state index contributed by atoms with van der Waals surface area (Å²) in [5, 5.41) is 0.448. The molecule has 3 nitrogen and oxygen atoms in total. The van der Waals surface area contributed by atoms with Crippen LogP contribution in [0.1, 0.15) is 27.0 Å².